The van der Waals surface area contributed by atoms with Gasteiger partial charge >= 0.3 is 5.69 Å². The van der Waals surface area contributed by atoms with Crippen LogP contribution in [0.5, 0.6) is 0 Å². The van der Waals surface area contributed by atoms with Crippen molar-refractivity contribution in [3.63, 3.8) is 0 Å². The van der Waals surface area contributed by atoms with Gasteiger partial charge in [-0.25, -0.2) is 14.8 Å². The highest BCUT2D eigenvalue weighted by atomic mass is 16.1. The molecular formula is C11H8N4O. The van der Waals surface area contributed by atoms with Crippen LogP contribution < -0.4 is 5.69 Å². The Balaban J connectivity index is 2.19. The van der Waals surface area contributed by atoms with E-state index in [4.69, 9.17) is 0 Å². The maximum Gasteiger partial charge on any atom is 0.344 e. The first-order valence-electron chi connectivity index (χ1n) is 4.83. The number of para-hydroxylation sites is 2. The Morgan fingerprint density at radius 2 is 2.06 bits per heavy atom. The first kappa shape index (κ1) is 8.84. The second kappa shape index (κ2) is 3.30. The van der Waals surface area contributed by atoms with Crippen LogP contribution in [0, 0.1) is 0 Å². The second-order valence-electron chi connectivity index (χ2n) is 3.41. The average molecular weight is 212 g/mol. The van der Waals surface area contributed by atoms with Gasteiger partial charge in [0.15, 0.2) is 0 Å². The van der Waals surface area contributed by atoms with Gasteiger partial charge in [0.1, 0.15) is 5.82 Å². The highest BCUT2D eigenvalue weighted by Gasteiger charge is 2.04. The van der Waals surface area contributed by atoms with Crippen molar-refractivity contribution >= 4 is 11.0 Å². The molecule has 0 spiro atoms. The van der Waals surface area contributed by atoms with E-state index in [-0.39, 0.29) is 5.69 Å². The molecule has 16 heavy (non-hydrogen) atoms. The van der Waals surface area contributed by atoms with Crippen LogP contribution in [0.3, 0.4) is 0 Å². The van der Waals surface area contributed by atoms with Crippen LogP contribution in [-0.2, 0) is 0 Å². The molecule has 0 atom stereocenters. The summed E-state index contributed by atoms with van der Waals surface area (Å²) in [6.07, 6.45) is 3.09. The Kier molecular flexibility index (Phi) is 1.83. The van der Waals surface area contributed by atoms with Crippen molar-refractivity contribution in [1.29, 1.82) is 0 Å². The number of imidazole rings is 1. The summed E-state index contributed by atoms with van der Waals surface area (Å²) in [6, 6.07) is 7.74. The molecule has 0 aliphatic heterocycles. The average Bonchev–Trinajstić information content (AvgIpc) is 2.73. The Labute approximate surface area is 90.2 Å². The Hall–Kier alpha value is -2.43. The molecular weight excluding hydrogens is 204 g/mol. The Bertz CT molecular complexity index is 645. The van der Waals surface area contributed by atoms with Gasteiger partial charge in [0.05, 0.1) is 16.6 Å². The van der Waals surface area contributed by atoms with Gasteiger partial charge in [0, 0.05) is 12.4 Å². The number of benzene rings is 1. The van der Waals surface area contributed by atoms with E-state index in [9.17, 15) is 4.79 Å². The molecule has 0 aliphatic rings. The van der Waals surface area contributed by atoms with Gasteiger partial charge in [-0.1, -0.05) is 12.1 Å². The van der Waals surface area contributed by atoms with Gasteiger partial charge in [-0.15, -0.1) is 0 Å². The monoisotopic (exact) mass is 212 g/mol. The standard InChI is InChI=1S/C11H8N4O/c16-11-12-5-7(6-13-11)10-14-8-3-1-2-4-9(8)15-10/h1-6H,(H,14,15)(H,12,13,16). The third-order valence-corrected chi connectivity index (χ3v) is 2.33. The van der Waals surface area contributed by atoms with Crippen molar-refractivity contribution in [2.75, 3.05) is 0 Å². The predicted octanol–water partition coefficient (Wildman–Crippen LogP) is 1.31. The number of rotatable bonds is 1. The number of aromatic nitrogens is 4. The van der Waals surface area contributed by atoms with Crippen LogP contribution in [0.2, 0.25) is 0 Å². The Morgan fingerprint density at radius 3 is 2.81 bits per heavy atom. The van der Waals surface area contributed by atoms with Gasteiger partial charge in [-0.05, 0) is 12.1 Å². The zero-order valence-electron chi connectivity index (χ0n) is 8.27. The maximum atomic E-state index is 10.8. The summed E-state index contributed by atoms with van der Waals surface area (Å²) in [5, 5.41) is 0. The lowest BCUT2D eigenvalue weighted by atomic mass is 10.3. The van der Waals surface area contributed by atoms with Crippen molar-refractivity contribution in [3.8, 4) is 11.4 Å². The minimum atomic E-state index is -0.361. The minimum Gasteiger partial charge on any atom is -0.338 e. The number of aromatic amines is 2. The highest BCUT2D eigenvalue weighted by molar-refractivity contribution is 5.78. The van der Waals surface area contributed by atoms with E-state index in [1.165, 1.54) is 6.20 Å². The summed E-state index contributed by atoms with van der Waals surface area (Å²) >= 11 is 0. The third kappa shape index (κ3) is 1.38. The smallest absolute Gasteiger partial charge is 0.338 e. The van der Waals surface area contributed by atoms with Crippen molar-refractivity contribution < 1.29 is 0 Å². The number of hydrogen-bond acceptors (Lipinski definition) is 3. The van der Waals surface area contributed by atoms with E-state index >= 15 is 0 Å². The van der Waals surface area contributed by atoms with Crippen molar-refractivity contribution in [2.45, 2.75) is 0 Å². The molecule has 0 saturated heterocycles. The van der Waals surface area contributed by atoms with Crippen LogP contribution in [0.25, 0.3) is 22.4 Å². The van der Waals surface area contributed by atoms with Gasteiger partial charge in [0.2, 0.25) is 0 Å². The molecule has 3 rings (SSSR count). The minimum absolute atomic E-state index is 0.361. The fourth-order valence-electron chi connectivity index (χ4n) is 1.56. The molecule has 3 aromatic rings. The molecule has 0 bridgehead atoms. The fraction of sp³-hybridized carbons (Fsp3) is 0. The SMILES string of the molecule is O=c1ncc(-c2nc3ccccc3[nH]2)c[nH]1. The summed E-state index contributed by atoms with van der Waals surface area (Å²) in [6.45, 7) is 0. The molecule has 0 radical (unpaired) electrons. The number of H-pyrrole nitrogens is 2. The first-order valence-corrected chi connectivity index (χ1v) is 4.83. The molecule has 1 aromatic carbocycles. The van der Waals surface area contributed by atoms with Crippen LogP contribution in [0.15, 0.2) is 41.5 Å². The van der Waals surface area contributed by atoms with Crippen LogP contribution in [0.4, 0.5) is 0 Å². The molecule has 0 aliphatic carbocycles. The van der Waals surface area contributed by atoms with Gasteiger partial charge in [-0.3, -0.25) is 0 Å². The molecule has 0 amide bonds. The number of nitrogens with one attached hydrogen (secondary N) is 2. The molecule has 0 saturated carbocycles. The van der Waals surface area contributed by atoms with E-state index in [2.05, 4.69) is 19.9 Å². The molecule has 5 nitrogen and oxygen atoms in total. The summed E-state index contributed by atoms with van der Waals surface area (Å²) in [7, 11) is 0. The van der Waals surface area contributed by atoms with Crippen LogP contribution in [0.1, 0.15) is 0 Å². The van der Waals surface area contributed by atoms with E-state index in [0.29, 0.717) is 5.82 Å². The lowest BCUT2D eigenvalue weighted by Gasteiger charge is -1.92. The maximum absolute atomic E-state index is 10.8. The first-order chi connectivity index (χ1) is 7.83. The summed E-state index contributed by atoms with van der Waals surface area (Å²) in [4.78, 5) is 24.6. The second-order valence-corrected chi connectivity index (χ2v) is 3.41. The van der Waals surface area contributed by atoms with E-state index in [1.807, 2.05) is 24.3 Å². The van der Waals surface area contributed by atoms with Crippen LogP contribution >= 0.6 is 0 Å². The molecule has 2 N–H and O–H groups in total. The van der Waals surface area contributed by atoms with E-state index in [0.717, 1.165) is 16.6 Å². The quantitative estimate of drug-likeness (QED) is 0.638. The lowest BCUT2D eigenvalue weighted by molar-refractivity contribution is 1.07. The summed E-state index contributed by atoms with van der Waals surface area (Å²) in [5.41, 5.74) is 2.25. The van der Waals surface area contributed by atoms with E-state index < -0.39 is 0 Å². The number of hydrogen-bond donors (Lipinski definition) is 2. The largest absolute Gasteiger partial charge is 0.344 e. The van der Waals surface area contributed by atoms with Crippen LogP contribution in [-0.4, -0.2) is 19.9 Å². The zero-order chi connectivity index (χ0) is 11.0. The fourth-order valence-corrected chi connectivity index (χ4v) is 1.56. The van der Waals surface area contributed by atoms with Crippen molar-refractivity contribution in [2.24, 2.45) is 0 Å². The molecule has 78 valence electrons. The lowest BCUT2D eigenvalue weighted by Crippen LogP contribution is -2.07. The summed E-state index contributed by atoms with van der Waals surface area (Å²) in [5.74, 6) is 0.699. The normalized spacial score (nSPS) is 10.8. The molecule has 0 unspecified atom stereocenters. The van der Waals surface area contributed by atoms with Gasteiger partial charge < -0.3 is 9.97 Å². The van der Waals surface area contributed by atoms with Crippen molar-refractivity contribution in [1.82, 2.24) is 19.9 Å². The number of fused-ring (bicyclic) bond motifs is 1. The molecule has 5 heteroatoms. The van der Waals surface area contributed by atoms with E-state index in [1.54, 1.807) is 6.20 Å². The third-order valence-electron chi connectivity index (χ3n) is 2.33. The van der Waals surface area contributed by atoms with Gasteiger partial charge in [0.25, 0.3) is 0 Å². The number of nitrogens with zero attached hydrogens (tertiary/aromatic N) is 2. The molecule has 2 aromatic heterocycles. The molecule has 2 heterocycles. The van der Waals surface area contributed by atoms with Gasteiger partial charge in [-0.2, -0.15) is 0 Å². The molecule has 0 fully saturated rings. The predicted molar refractivity (Wildman–Crippen MR) is 59.9 cm³/mol. The topological polar surface area (TPSA) is 74.4 Å². The van der Waals surface area contributed by atoms with Crippen molar-refractivity contribution in [3.05, 3.63) is 47.1 Å². The highest BCUT2D eigenvalue weighted by Crippen LogP contribution is 2.17. The summed E-state index contributed by atoms with van der Waals surface area (Å²) < 4.78 is 0. The zero-order valence-corrected chi connectivity index (χ0v) is 8.27. The Morgan fingerprint density at radius 1 is 1.19 bits per heavy atom.